The van der Waals surface area contributed by atoms with Crippen molar-refractivity contribution in [3.05, 3.63) is 29.8 Å². The lowest BCUT2D eigenvalue weighted by atomic mass is 9.94. The third-order valence-electron chi connectivity index (χ3n) is 4.90. The van der Waals surface area contributed by atoms with Gasteiger partial charge in [-0.25, -0.2) is 0 Å². The number of hydrogen-bond acceptors (Lipinski definition) is 6. The molecule has 0 unspecified atom stereocenters. The fraction of sp³-hybridized carbons (Fsp3) is 0.524. The summed E-state index contributed by atoms with van der Waals surface area (Å²) in [5.41, 5.74) is 0.884. The summed E-state index contributed by atoms with van der Waals surface area (Å²) in [7, 11) is 1.82. The van der Waals surface area contributed by atoms with E-state index in [4.69, 9.17) is 10.00 Å². The Morgan fingerprint density at radius 2 is 2.00 bits per heavy atom. The number of anilines is 1. The predicted molar refractivity (Wildman–Crippen MR) is 112 cm³/mol. The van der Waals surface area contributed by atoms with Crippen LogP contribution in [0.2, 0.25) is 0 Å². The van der Waals surface area contributed by atoms with E-state index in [1.165, 1.54) is 31.2 Å². The highest BCUT2D eigenvalue weighted by molar-refractivity contribution is 8.00. The Labute approximate surface area is 175 Å². The Balaban J connectivity index is 1.70. The van der Waals surface area contributed by atoms with Gasteiger partial charge >= 0.3 is 5.97 Å². The van der Waals surface area contributed by atoms with Crippen LogP contribution in [0.3, 0.4) is 0 Å². The van der Waals surface area contributed by atoms with Gasteiger partial charge in [-0.15, -0.1) is 11.8 Å². The lowest BCUT2D eigenvalue weighted by Gasteiger charge is -2.31. The molecule has 1 aromatic rings. The SMILES string of the molecule is C[C@@H](OC(=O)CSCC(=O)N(C)C1CCCCC1)C(=O)Nc1cccc(C#N)c1. The number of carbonyl (C=O) groups excluding carboxylic acids is 3. The molecule has 1 saturated carbocycles. The topological polar surface area (TPSA) is 99.5 Å². The maximum Gasteiger partial charge on any atom is 0.316 e. The van der Waals surface area contributed by atoms with Crippen molar-refractivity contribution in [3.8, 4) is 6.07 Å². The van der Waals surface area contributed by atoms with Crippen molar-refractivity contribution in [2.75, 3.05) is 23.9 Å². The second-order valence-electron chi connectivity index (χ2n) is 7.10. The molecule has 2 rings (SSSR count). The molecule has 0 spiro atoms. The van der Waals surface area contributed by atoms with Crippen LogP contribution < -0.4 is 5.32 Å². The molecular formula is C21H27N3O4S. The predicted octanol–water partition coefficient (Wildman–Crippen LogP) is 2.95. The first-order valence-electron chi connectivity index (χ1n) is 9.74. The molecule has 0 saturated heterocycles. The summed E-state index contributed by atoms with van der Waals surface area (Å²) in [6, 6.07) is 8.76. The van der Waals surface area contributed by atoms with Gasteiger partial charge in [-0.05, 0) is 38.0 Å². The second kappa shape index (κ2) is 11.5. The summed E-state index contributed by atoms with van der Waals surface area (Å²) in [5.74, 6) is -0.795. The van der Waals surface area contributed by atoms with Gasteiger partial charge in [0, 0.05) is 18.8 Å². The molecule has 0 aromatic heterocycles. The van der Waals surface area contributed by atoms with Gasteiger partial charge in [0.1, 0.15) is 0 Å². The molecule has 2 amide bonds. The first-order valence-corrected chi connectivity index (χ1v) is 10.9. The quantitative estimate of drug-likeness (QED) is 0.653. The Morgan fingerprint density at radius 3 is 2.69 bits per heavy atom. The molecule has 1 fully saturated rings. The van der Waals surface area contributed by atoms with Crippen LogP contribution in [0.4, 0.5) is 5.69 Å². The maximum atomic E-state index is 12.3. The van der Waals surface area contributed by atoms with E-state index in [2.05, 4.69) is 5.32 Å². The zero-order chi connectivity index (χ0) is 21.2. The highest BCUT2D eigenvalue weighted by Crippen LogP contribution is 2.22. The van der Waals surface area contributed by atoms with E-state index in [0.29, 0.717) is 17.3 Å². The average Bonchev–Trinajstić information content (AvgIpc) is 2.73. The molecule has 1 N–H and O–H groups in total. The van der Waals surface area contributed by atoms with Crippen molar-refractivity contribution < 1.29 is 19.1 Å². The van der Waals surface area contributed by atoms with E-state index >= 15 is 0 Å². The Hall–Kier alpha value is -2.53. The van der Waals surface area contributed by atoms with Crippen molar-refractivity contribution in [3.63, 3.8) is 0 Å². The van der Waals surface area contributed by atoms with Crippen LogP contribution >= 0.6 is 11.8 Å². The molecule has 0 radical (unpaired) electrons. The monoisotopic (exact) mass is 417 g/mol. The summed E-state index contributed by atoms with van der Waals surface area (Å²) >= 11 is 1.19. The zero-order valence-electron chi connectivity index (χ0n) is 16.8. The first kappa shape index (κ1) is 22.8. The third kappa shape index (κ3) is 7.42. The highest BCUT2D eigenvalue weighted by atomic mass is 32.2. The van der Waals surface area contributed by atoms with E-state index in [1.54, 1.807) is 23.1 Å². The molecule has 1 aliphatic carbocycles. The molecule has 1 aromatic carbocycles. The zero-order valence-corrected chi connectivity index (χ0v) is 17.7. The van der Waals surface area contributed by atoms with Crippen LogP contribution in [-0.4, -0.2) is 53.4 Å². The number of esters is 1. The Bertz CT molecular complexity index is 771. The minimum atomic E-state index is -0.977. The smallest absolute Gasteiger partial charge is 0.316 e. The third-order valence-corrected chi connectivity index (χ3v) is 5.79. The van der Waals surface area contributed by atoms with Crippen molar-refractivity contribution in [1.82, 2.24) is 4.90 Å². The normalized spacial score (nSPS) is 15.1. The van der Waals surface area contributed by atoms with Gasteiger partial charge in [0.25, 0.3) is 5.91 Å². The number of carbonyl (C=O) groups is 3. The number of thioether (sulfide) groups is 1. The van der Waals surface area contributed by atoms with Crippen LogP contribution in [0, 0.1) is 11.3 Å². The standard InChI is InChI=1S/C21H27N3O4S/c1-15(21(27)23-17-8-6-7-16(11-17)12-22)28-20(26)14-29-13-19(25)24(2)18-9-4-3-5-10-18/h6-8,11,15,18H,3-5,9-10,13-14H2,1-2H3,(H,23,27)/t15-/m1/s1. The van der Waals surface area contributed by atoms with E-state index in [-0.39, 0.29) is 17.4 Å². The molecule has 0 heterocycles. The van der Waals surface area contributed by atoms with Crippen molar-refractivity contribution >= 4 is 35.2 Å². The second-order valence-corrected chi connectivity index (χ2v) is 8.09. The molecule has 1 atom stereocenters. The van der Waals surface area contributed by atoms with Gasteiger partial charge in [-0.2, -0.15) is 5.26 Å². The van der Waals surface area contributed by atoms with Crippen molar-refractivity contribution in [2.45, 2.75) is 51.2 Å². The van der Waals surface area contributed by atoms with Crippen molar-refractivity contribution in [2.24, 2.45) is 0 Å². The number of hydrogen-bond donors (Lipinski definition) is 1. The number of nitrogens with one attached hydrogen (secondary N) is 1. The number of ether oxygens (including phenoxy) is 1. The average molecular weight is 418 g/mol. The van der Waals surface area contributed by atoms with Crippen LogP contribution in [0.1, 0.15) is 44.6 Å². The summed E-state index contributed by atoms with van der Waals surface area (Å²) in [6.45, 7) is 1.48. The Morgan fingerprint density at radius 1 is 1.28 bits per heavy atom. The number of benzene rings is 1. The molecule has 0 aliphatic heterocycles. The molecular weight excluding hydrogens is 390 g/mol. The van der Waals surface area contributed by atoms with E-state index in [0.717, 1.165) is 25.7 Å². The van der Waals surface area contributed by atoms with Gasteiger partial charge in [-0.3, -0.25) is 14.4 Å². The Kier molecular flexibility index (Phi) is 9.00. The highest BCUT2D eigenvalue weighted by Gasteiger charge is 2.23. The lowest BCUT2D eigenvalue weighted by Crippen LogP contribution is -2.39. The van der Waals surface area contributed by atoms with E-state index in [1.807, 2.05) is 13.1 Å². The van der Waals surface area contributed by atoms with Gasteiger partial charge < -0.3 is 15.0 Å². The number of nitriles is 1. The van der Waals surface area contributed by atoms with E-state index in [9.17, 15) is 14.4 Å². The van der Waals surface area contributed by atoms with E-state index < -0.39 is 18.0 Å². The maximum absolute atomic E-state index is 12.3. The molecule has 0 bridgehead atoms. The summed E-state index contributed by atoms with van der Waals surface area (Å²) in [4.78, 5) is 38.2. The molecule has 1 aliphatic rings. The van der Waals surface area contributed by atoms with Gasteiger partial charge in [-0.1, -0.05) is 25.3 Å². The van der Waals surface area contributed by atoms with Crippen LogP contribution in [0.25, 0.3) is 0 Å². The first-order chi connectivity index (χ1) is 13.9. The number of amides is 2. The summed E-state index contributed by atoms with van der Waals surface area (Å²) < 4.78 is 5.14. The largest absolute Gasteiger partial charge is 0.452 e. The minimum absolute atomic E-state index is 0.00574. The fourth-order valence-corrected chi connectivity index (χ4v) is 3.91. The molecule has 156 valence electrons. The molecule has 8 heteroatoms. The minimum Gasteiger partial charge on any atom is -0.452 e. The van der Waals surface area contributed by atoms with Crippen LogP contribution in [0.5, 0.6) is 0 Å². The van der Waals surface area contributed by atoms with Gasteiger partial charge in [0.05, 0.1) is 23.1 Å². The van der Waals surface area contributed by atoms with Gasteiger partial charge in [0.15, 0.2) is 6.10 Å². The lowest BCUT2D eigenvalue weighted by molar-refractivity contribution is -0.150. The molecule has 29 heavy (non-hydrogen) atoms. The van der Waals surface area contributed by atoms with Gasteiger partial charge in [0.2, 0.25) is 5.91 Å². The fourth-order valence-electron chi connectivity index (χ4n) is 3.19. The summed E-state index contributed by atoms with van der Waals surface area (Å²) in [6.07, 6.45) is 4.65. The van der Waals surface area contributed by atoms with Crippen LogP contribution in [-0.2, 0) is 19.1 Å². The van der Waals surface area contributed by atoms with Crippen LogP contribution in [0.15, 0.2) is 24.3 Å². The summed E-state index contributed by atoms with van der Waals surface area (Å²) in [5, 5.41) is 11.5. The molecule has 7 nitrogen and oxygen atoms in total. The van der Waals surface area contributed by atoms with Crippen molar-refractivity contribution in [1.29, 1.82) is 5.26 Å². The number of rotatable bonds is 8. The number of nitrogens with zero attached hydrogens (tertiary/aromatic N) is 2.